The van der Waals surface area contributed by atoms with Crippen LogP contribution in [0.3, 0.4) is 0 Å². The fourth-order valence-electron chi connectivity index (χ4n) is 1.29. The Bertz CT molecular complexity index is 347. The topological polar surface area (TPSA) is 83.5 Å². The van der Waals surface area contributed by atoms with Gasteiger partial charge in [-0.25, -0.2) is 4.79 Å². The quantitative estimate of drug-likeness (QED) is 0.671. The molecule has 0 spiro atoms. The van der Waals surface area contributed by atoms with Crippen molar-refractivity contribution >= 4 is 5.97 Å². The molecule has 0 fully saturated rings. The van der Waals surface area contributed by atoms with Crippen molar-refractivity contribution in [1.82, 2.24) is 0 Å². The van der Waals surface area contributed by atoms with Gasteiger partial charge in [0.1, 0.15) is 5.75 Å². The minimum atomic E-state index is -1.05. The lowest BCUT2D eigenvalue weighted by atomic mass is 10.0. The molecule has 4 heteroatoms. The smallest absolute Gasteiger partial charge is 0.335 e. The van der Waals surface area contributed by atoms with Gasteiger partial charge in [-0.05, 0) is 37.1 Å². The lowest BCUT2D eigenvalue weighted by Gasteiger charge is -2.06. The molecule has 0 aliphatic carbocycles. The number of nitrogens with two attached hydrogens (primary N) is 1. The summed E-state index contributed by atoms with van der Waals surface area (Å²) in [5, 5.41) is 18.0. The first-order chi connectivity index (χ1) is 6.49. The third kappa shape index (κ3) is 2.74. The lowest BCUT2D eigenvalue weighted by molar-refractivity contribution is 0.0696. The summed E-state index contributed by atoms with van der Waals surface area (Å²) in [6.45, 7) is 1.82. The molecular weight excluding hydrogens is 182 g/mol. The van der Waals surface area contributed by atoms with Crippen molar-refractivity contribution in [2.75, 3.05) is 0 Å². The van der Waals surface area contributed by atoms with Crippen LogP contribution in [0.2, 0.25) is 0 Å². The molecule has 1 atom stereocenters. The number of rotatable bonds is 3. The zero-order valence-corrected chi connectivity index (χ0v) is 7.90. The predicted octanol–water partition coefficient (Wildman–Crippen LogP) is 0.980. The lowest BCUT2D eigenvalue weighted by Crippen LogP contribution is -2.17. The number of hydrogen-bond donors (Lipinski definition) is 3. The van der Waals surface area contributed by atoms with E-state index in [1.54, 1.807) is 0 Å². The maximum absolute atomic E-state index is 10.6. The highest BCUT2D eigenvalue weighted by Crippen LogP contribution is 2.16. The van der Waals surface area contributed by atoms with Gasteiger partial charge in [-0.15, -0.1) is 0 Å². The van der Waals surface area contributed by atoms with Crippen LogP contribution in [-0.2, 0) is 6.42 Å². The second-order valence-electron chi connectivity index (χ2n) is 3.37. The van der Waals surface area contributed by atoms with Crippen LogP contribution < -0.4 is 5.73 Å². The summed E-state index contributed by atoms with van der Waals surface area (Å²) in [4.78, 5) is 10.6. The Morgan fingerprint density at radius 3 is 2.64 bits per heavy atom. The Morgan fingerprint density at radius 2 is 2.14 bits per heavy atom. The molecule has 0 aliphatic heterocycles. The van der Waals surface area contributed by atoms with E-state index in [0.717, 1.165) is 5.56 Å². The number of aromatic hydroxyl groups is 1. The van der Waals surface area contributed by atoms with Crippen LogP contribution in [0.4, 0.5) is 0 Å². The number of aromatic carboxylic acids is 1. The summed E-state index contributed by atoms with van der Waals surface area (Å²) in [5.74, 6) is -1.09. The summed E-state index contributed by atoms with van der Waals surface area (Å²) in [7, 11) is 0. The maximum atomic E-state index is 10.6. The Morgan fingerprint density at radius 1 is 1.50 bits per heavy atom. The SMILES string of the molecule is CC(N)Cc1cc(O)cc(C(=O)O)c1. The molecule has 4 nitrogen and oxygen atoms in total. The van der Waals surface area contributed by atoms with E-state index in [-0.39, 0.29) is 17.4 Å². The average molecular weight is 195 g/mol. The normalized spacial score (nSPS) is 12.4. The molecular formula is C10H13NO3. The van der Waals surface area contributed by atoms with Crippen molar-refractivity contribution in [2.45, 2.75) is 19.4 Å². The minimum Gasteiger partial charge on any atom is -0.508 e. The number of carbonyl (C=O) groups is 1. The molecule has 0 bridgehead atoms. The fraction of sp³-hybridized carbons (Fsp3) is 0.300. The van der Waals surface area contributed by atoms with Gasteiger partial charge in [0.2, 0.25) is 0 Å². The molecule has 14 heavy (non-hydrogen) atoms. The molecule has 0 saturated carbocycles. The van der Waals surface area contributed by atoms with Gasteiger partial charge >= 0.3 is 5.97 Å². The van der Waals surface area contributed by atoms with Gasteiger partial charge in [0, 0.05) is 6.04 Å². The molecule has 0 heterocycles. The van der Waals surface area contributed by atoms with Crippen LogP contribution in [0.5, 0.6) is 5.75 Å². The zero-order chi connectivity index (χ0) is 10.7. The molecule has 0 amide bonds. The summed E-state index contributed by atoms with van der Waals surface area (Å²) in [6.07, 6.45) is 0.550. The molecule has 1 rings (SSSR count). The van der Waals surface area contributed by atoms with Crippen LogP contribution >= 0.6 is 0 Å². The van der Waals surface area contributed by atoms with Gasteiger partial charge < -0.3 is 15.9 Å². The van der Waals surface area contributed by atoms with Crippen molar-refractivity contribution in [3.8, 4) is 5.75 Å². The third-order valence-corrected chi connectivity index (χ3v) is 1.78. The minimum absolute atomic E-state index is 0.0412. The first kappa shape index (κ1) is 10.5. The molecule has 1 aromatic carbocycles. The van der Waals surface area contributed by atoms with Gasteiger partial charge in [0.05, 0.1) is 5.56 Å². The number of benzene rings is 1. The van der Waals surface area contributed by atoms with E-state index in [2.05, 4.69) is 0 Å². The second-order valence-corrected chi connectivity index (χ2v) is 3.37. The largest absolute Gasteiger partial charge is 0.508 e. The summed E-state index contributed by atoms with van der Waals surface area (Å²) >= 11 is 0. The van der Waals surface area contributed by atoms with E-state index in [9.17, 15) is 9.90 Å². The van der Waals surface area contributed by atoms with E-state index < -0.39 is 5.97 Å². The Labute approximate surface area is 82.0 Å². The van der Waals surface area contributed by atoms with Gasteiger partial charge in [0.15, 0.2) is 0 Å². The Balaban J connectivity index is 3.01. The number of phenols is 1. The number of carboxylic acids is 1. The van der Waals surface area contributed by atoms with Crippen LogP contribution in [0, 0.1) is 0 Å². The maximum Gasteiger partial charge on any atom is 0.335 e. The standard InChI is InChI=1S/C10H13NO3/c1-6(11)2-7-3-8(10(13)14)5-9(12)4-7/h3-6,12H,2,11H2,1H3,(H,13,14). The highest BCUT2D eigenvalue weighted by molar-refractivity contribution is 5.88. The Hall–Kier alpha value is -1.55. The van der Waals surface area contributed by atoms with E-state index in [4.69, 9.17) is 10.8 Å². The van der Waals surface area contributed by atoms with E-state index in [0.29, 0.717) is 6.42 Å². The van der Waals surface area contributed by atoms with Crippen molar-refractivity contribution in [3.05, 3.63) is 29.3 Å². The van der Waals surface area contributed by atoms with Crippen molar-refractivity contribution in [2.24, 2.45) is 5.73 Å². The summed E-state index contributed by atoms with van der Waals surface area (Å²) < 4.78 is 0. The average Bonchev–Trinajstić information content (AvgIpc) is 2.01. The zero-order valence-electron chi connectivity index (χ0n) is 7.90. The number of hydrogen-bond acceptors (Lipinski definition) is 3. The predicted molar refractivity (Wildman–Crippen MR) is 52.4 cm³/mol. The van der Waals surface area contributed by atoms with E-state index in [1.165, 1.54) is 18.2 Å². The van der Waals surface area contributed by atoms with Gasteiger partial charge in [-0.2, -0.15) is 0 Å². The van der Waals surface area contributed by atoms with Crippen LogP contribution in [0.25, 0.3) is 0 Å². The fourth-order valence-corrected chi connectivity index (χ4v) is 1.29. The third-order valence-electron chi connectivity index (χ3n) is 1.78. The highest BCUT2D eigenvalue weighted by atomic mass is 16.4. The van der Waals surface area contributed by atoms with Gasteiger partial charge in [-0.3, -0.25) is 0 Å². The molecule has 0 aliphatic rings. The number of phenolic OH excluding ortho intramolecular Hbond substituents is 1. The molecule has 0 aromatic heterocycles. The molecule has 1 unspecified atom stereocenters. The highest BCUT2D eigenvalue weighted by Gasteiger charge is 2.07. The van der Waals surface area contributed by atoms with Crippen LogP contribution in [0.1, 0.15) is 22.8 Å². The first-order valence-electron chi connectivity index (χ1n) is 4.31. The molecule has 0 saturated heterocycles. The number of carboxylic acid groups (broad SMARTS) is 1. The second kappa shape index (κ2) is 4.11. The van der Waals surface area contributed by atoms with Crippen molar-refractivity contribution < 1.29 is 15.0 Å². The van der Waals surface area contributed by atoms with E-state index in [1.807, 2.05) is 6.92 Å². The molecule has 1 aromatic rings. The van der Waals surface area contributed by atoms with Crippen LogP contribution in [-0.4, -0.2) is 22.2 Å². The van der Waals surface area contributed by atoms with Crippen molar-refractivity contribution in [1.29, 1.82) is 0 Å². The Kier molecular flexibility index (Phi) is 3.09. The van der Waals surface area contributed by atoms with Crippen LogP contribution in [0.15, 0.2) is 18.2 Å². The summed E-state index contributed by atoms with van der Waals surface area (Å²) in [5.41, 5.74) is 6.39. The molecule has 76 valence electrons. The van der Waals surface area contributed by atoms with Gasteiger partial charge in [0.25, 0.3) is 0 Å². The molecule has 0 radical (unpaired) electrons. The monoisotopic (exact) mass is 195 g/mol. The summed E-state index contributed by atoms with van der Waals surface area (Å²) in [6, 6.07) is 4.20. The van der Waals surface area contributed by atoms with Gasteiger partial charge in [-0.1, -0.05) is 0 Å². The van der Waals surface area contributed by atoms with E-state index >= 15 is 0 Å². The molecule has 4 N–H and O–H groups in total. The van der Waals surface area contributed by atoms with Crippen molar-refractivity contribution in [3.63, 3.8) is 0 Å². The first-order valence-corrected chi connectivity index (χ1v) is 4.31.